The van der Waals surface area contributed by atoms with Crippen LogP contribution in [0.4, 0.5) is 5.82 Å². The molecule has 1 aliphatic carbocycles. The zero-order valence-electron chi connectivity index (χ0n) is 18.0. The van der Waals surface area contributed by atoms with Crippen LogP contribution in [0.5, 0.6) is 5.75 Å². The lowest BCUT2D eigenvalue weighted by Crippen LogP contribution is -2.25. The standard InChI is InChI=1S/C13H15N3O.C8H15N.C3H4O/c1-8-7-16-13(15)10(8)6-11(14)9-4-2-3-5-12(9)17;1-9-6-5-7-3-2-4-8(7)9;1-2-3-4/h2-7,16-17H,14-15H2,1H3;7-8H,2-6H2,1H3;2-3H,1H2/b11-6-;;. The van der Waals surface area contributed by atoms with Gasteiger partial charge in [-0.05, 0) is 75.5 Å². The Labute approximate surface area is 179 Å². The summed E-state index contributed by atoms with van der Waals surface area (Å²) in [6, 6.07) is 7.92. The van der Waals surface area contributed by atoms with Gasteiger partial charge in [-0.2, -0.15) is 0 Å². The van der Waals surface area contributed by atoms with Crippen molar-refractivity contribution in [2.45, 2.75) is 38.6 Å². The predicted octanol–water partition coefficient (Wildman–Crippen LogP) is 3.93. The number of likely N-dealkylation sites (tertiary alicyclic amines) is 1. The minimum absolute atomic E-state index is 0.160. The number of aromatic nitrogens is 1. The van der Waals surface area contributed by atoms with Gasteiger partial charge < -0.3 is 26.5 Å². The van der Waals surface area contributed by atoms with Gasteiger partial charge in [0.25, 0.3) is 0 Å². The van der Waals surface area contributed by atoms with Crippen LogP contribution >= 0.6 is 0 Å². The van der Waals surface area contributed by atoms with E-state index in [-0.39, 0.29) is 5.75 Å². The molecule has 6 nitrogen and oxygen atoms in total. The number of carbonyl (C=O) groups is 1. The van der Waals surface area contributed by atoms with Crippen LogP contribution in [-0.4, -0.2) is 40.9 Å². The normalized spacial score (nSPS) is 20.4. The number of hydrogen-bond acceptors (Lipinski definition) is 5. The molecular weight excluding hydrogens is 376 g/mol. The number of anilines is 1. The highest BCUT2D eigenvalue weighted by atomic mass is 16.3. The number of fused-ring (bicyclic) bond motifs is 1. The van der Waals surface area contributed by atoms with Gasteiger partial charge in [0.1, 0.15) is 17.9 Å². The number of nitrogen functional groups attached to an aromatic ring is 1. The summed E-state index contributed by atoms with van der Waals surface area (Å²) < 4.78 is 0. The van der Waals surface area contributed by atoms with Crippen LogP contribution in [0, 0.1) is 12.8 Å². The number of phenolic OH excluding ortho intramolecular Hbond substituents is 1. The fourth-order valence-electron chi connectivity index (χ4n) is 4.17. The Morgan fingerprint density at radius 1 is 1.30 bits per heavy atom. The maximum atomic E-state index is 9.69. The molecule has 1 aliphatic heterocycles. The number of rotatable bonds is 3. The predicted molar refractivity (Wildman–Crippen MR) is 125 cm³/mol. The van der Waals surface area contributed by atoms with Crippen molar-refractivity contribution in [3.8, 4) is 5.75 Å². The lowest BCUT2D eigenvalue weighted by atomic mass is 10.1. The molecule has 0 radical (unpaired) electrons. The van der Waals surface area contributed by atoms with Crippen LogP contribution in [0.3, 0.4) is 0 Å². The maximum absolute atomic E-state index is 9.69. The smallest absolute Gasteiger partial charge is 0.142 e. The second-order valence-electron chi connectivity index (χ2n) is 7.82. The quantitative estimate of drug-likeness (QED) is 0.453. The molecule has 162 valence electrons. The number of aromatic amines is 1. The molecule has 30 heavy (non-hydrogen) atoms. The number of aromatic hydroxyl groups is 1. The summed E-state index contributed by atoms with van der Waals surface area (Å²) in [6.45, 7) is 6.41. The molecule has 6 heteroatoms. The molecule has 0 bridgehead atoms. The molecule has 2 atom stereocenters. The molecule has 2 aliphatic rings. The van der Waals surface area contributed by atoms with Gasteiger partial charge in [0.05, 0.1) is 0 Å². The number of nitrogens with zero attached hydrogens (tertiary/aromatic N) is 1. The van der Waals surface area contributed by atoms with E-state index in [4.69, 9.17) is 16.3 Å². The number of hydrogen-bond donors (Lipinski definition) is 4. The molecule has 1 saturated heterocycles. The van der Waals surface area contributed by atoms with E-state index in [1.165, 1.54) is 38.3 Å². The lowest BCUT2D eigenvalue weighted by molar-refractivity contribution is -0.104. The topological polar surface area (TPSA) is 108 Å². The highest BCUT2D eigenvalue weighted by molar-refractivity contribution is 5.85. The summed E-state index contributed by atoms with van der Waals surface area (Å²) >= 11 is 0. The van der Waals surface area contributed by atoms with Gasteiger partial charge in [0, 0.05) is 29.1 Å². The monoisotopic (exact) mass is 410 g/mol. The van der Waals surface area contributed by atoms with Gasteiger partial charge in [-0.15, -0.1) is 0 Å². The fraction of sp³-hybridized carbons (Fsp3) is 0.375. The first kappa shape index (κ1) is 23.3. The van der Waals surface area contributed by atoms with Crippen LogP contribution < -0.4 is 11.5 Å². The van der Waals surface area contributed by atoms with Gasteiger partial charge >= 0.3 is 0 Å². The maximum Gasteiger partial charge on any atom is 0.142 e. The number of nitrogens with one attached hydrogen (secondary N) is 1. The Morgan fingerprint density at radius 2 is 2.00 bits per heavy atom. The Balaban J connectivity index is 0.000000204. The van der Waals surface area contributed by atoms with E-state index < -0.39 is 0 Å². The largest absolute Gasteiger partial charge is 0.507 e. The minimum atomic E-state index is 0.160. The van der Waals surface area contributed by atoms with Gasteiger partial charge in [-0.3, -0.25) is 4.79 Å². The Kier molecular flexibility index (Phi) is 8.74. The lowest BCUT2D eigenvalue weighted by Gasteiger charge is -2.16. The van der Waals surface area contributed by atoms with Crippen molar-refractivity contribution in [2.24, 2.45) is 11.7 Å². The fourth-order valence-corrected chi connectivity index (χ4v) is 4.17. The molecule has 6 N–H and O–H groups in total. The van der Waals surface area contributed by atoms with Gasteiger partial charge in [0.2, 0.25) is 0 Å². The number of carbonyl (C=O) groups excluding carboxylic acids is 1. The van der Waals surface area contributed by atoms with E-state index in [1.807, 2.05) is 19.2 Å². The Bertz CT molecular complexity index is 846. The van der Waals surface area contributed by atoms with Crippen LogP contribution in [0.25, 0.3) is 11.8 Å². The average Bonchev–Trinajstić information content (AvgIpc) is 3.44. The SMILES string of the molecule is C=CC=O.CN1CCC2CCCC21.Cc1c[nH]c(N)c1/C=C(\N)c1ccccc1O. The zero-order valence-corrected chi connectivity index (χ0v) is 18.0. The molecule has 0 spiro atoms. The van der Waals surface area contributed by atoms with Crippen molar-refractivity contribution >= 4 is 23.9 Å². The average molecular weight is 411 g/mol. The summed E-state index contributed by atoms with van der Waals surface area (Å²) in [5.74, 6) is 1.81. The molecule has 2 fully saturated rings. The number of allylic oxidation sites excluding steroid dienone is 1. The molecule has 4 rings (SSSR count). The third kappa shape index (κ3) is 6.00. The van der Waals surface area contributed by atoms with Crippen molar-refractivity contribution in [1.29, 1.82) is 0 Å². The highest BCUT2D eigenvalue weighted by Crippen LogP contribution is 2.36. The van der Waals surface area contributed by atoms with E-state index in [0.29, 0.717) is 23.4 Å². The summed E-state index contributed by atoms with van der Waals surface area (Å²) in [5, 5.41) is 9.69. The van der Waals surface area contributed by atoms with Crippen LogP contribution in [0.15, 0.2) is 43.1 Å². The first-order chi connectivity index (χ1) is 14.4. The van der Waals surface area contributed by atoms with Gasteiger partial charge in [0.15, 0.2) is 0 Å². The number of aldehydes is 1. The number of para-hydroxylation sites is 1. The summed E-state index contributed by atoms with van der Waals surface area (Å²) in [4.78, 5) is 14.5. The number of H-pyrrole nitrogens is 1. The first-order valence-corrected chi connectivity index (χ1v) is 10.3. The Hall–Kier alpha value is -2.99. The van der Waals surface area contributed by atoms with Gasteiger partial charge in [-0.1, -0.05) is 25.1 Å². The van der Waals surface area contributed by atoms with Crippen molar-refractivity contribution in [2.75, 3.05) is 19.3 Å². The van der Waals surface area contributed by atoms with E-state index in [9.17, 15) is 5.11 Å². The molecule has 2 aromatic rings. The molecule has 1 aromatic heterocycles. The van der Waals surface area contributed by atoms with Crippen molar-refractivity contribution in [3.05, 3.63) is 59.8 Å². The molecule has 1 aromatic carbocycles. The van der Waals surface area contributed by atoms with Crippen LogP contribution in [-0.2, 0) is 4.79 Å². The number of nitrogens with two attached hydrogens (primary N) is 2. The number of aryl methyl sites for hydroxylation is 1. The van der Waals surface area contributed by atoms with Crippen LogP contribution in [0.2, 0.25) is 0 Å². The highest BCUT2D eigenvalue weighted by Gasteiger charge is 2.34. The van der Waals surface area contributed by atoms with Crippen molar-refractivity contribution in [1.82, 2.24) is 9.88 Å². The summed E-state index contributed by atoms with van der Waals surface area (Å²) in [6.07, 6.45) is 11.4. The van der Waals surface area contributed by atoms with Crippen molar-refractivity contribution < 1.29 is 9.90 Å². The molecule has 1 saturated carbocycles. The third-order valence-electron chi connectivity index (χ3n) is 5.81. The van der Waals surface area contributed by atoms with Gasteiger partial charge in [-0.25, -0.2) is 0 Å². The van der Waals surface area contributed by atoms with E-state index >= 15 is 0 Å². The molecular formula is C24H34N4O2. The third-order valence-corrected chi connectivity index (χ3v) is 5.81. The second kappa shape index (κ2) is 11.3. The molecule has 2 heterocycles. The van der Waals surface area contributed by atoms with E-state index in [0.717, 1.165) is 23.1 Å². The van der Waals surface area contributed by atoms with E-state index in [2.05, 4.69) is 23.5 Å². The van der Waals surface area contributed by atoms with Crippen molar-refractivity contribution in [3.63, 3.8) is 0 Å². The zero-order chi connectivity index (χ0) is 22.1. The second-order valence-corrected chi connectivity index (χ2v) is 7.82. The minimum Gasteiger partial charge on any atom is -0.507 e. The molecule has 2 unspecified atom stereocenters. The van der Waals surface area contributed by atoms with Crippen LogP contribution in [0.1, 0.15) is 42.4 Å². The Morgan fingerprint density at radius 3 is 2.57 bits per heavy atom. The number of phenols is 1. The molecule has 0 amide bonds. The number of benzene rings is 1. The summed E-state index contributed by atoms with van der Waals surface area (Å²) in [5.41, 5.74) is 14.7. The van der Waals surface area contributed by atoms with E-state index in [1.54, 1.807) is 24.3 Å². The first-order valence-electron chi connectivity index (χ1n) is 10.3. The summed E-state index contributed by atoms with van der Waals surface area (Å²) in [7, 11) is 2.27.